The van der Waals surface area contributed by atoms with E-state index in [4.69, 9.17) is 18.6 Å². The molecule has 0 spiro atoms. The van der Waals surface area contributed by atoms with E-state index in [1.54, 1.807) is 0 Å². The van der Waals surface area contributed by atoms with E-state index >= 15 is 0 Å². The second kappa shape index (κ2) is 19.8. The Bertz CT molecular complexity index is 275. The first-order chi connectivity index (χ1) is 12.6. The highest BCUT2D eigenvalue weighted by Gasteiger charge is 2.18. The smallest absolute Gasteiger partial charge is 0.186 e. The van der Waals surface area contributed by atoms with Crippen molar-refractivity contribution in [1.82, 2.24) is 0 Å². The molecule has 0 amide bonds. The van der Waals surface area contributed by atoms with Gasteiger partial charge in [0.05, 0.1) is 13.2 Å². The molecule has 0 N–H and O–H groups in total. The quantitative estimate of drug-likeness (QED) is 0.183. The first-order valence-corrected chi connectivity index (χ1v) is 14.0. The van der Waals surface area contributed by atoms with Crippen molar-refractivity contribution in [3.8, 4) is 0 Å². The van der Waals surface area contributed by atoms with Gasteiger partial charge >= 0.3 is 0 Å². The Labute approximate surface area is 164 Å². The molecule has 0 radical (unpaired) electrons. The van der Waals surface area contributed by atoms with Crippen LogP contribution in [0.4, 0.5) is 0 Å². The summed E-state index contributed by atoms with van der Waals surface area (Å²) >= 11 is 0. The number of hydrogen-bond acceptors (Lipinski definition) is 4. The molecule has 0 aromatic rings. The van der Waals surface area contributed by atoms with Gasteiger partial charge in [0.1, 0.15) is 0 Å². The molecule has 0 aliphatic rings. The number of hydrogen-bond donors (Lipinski definition) is 0. The Morgan fingerprint density at radius 3 is 1.58 bits per heavy atom. The van der Waals surface area contributed by atoms with Gasteiger partial charge in [0, 0.05) is 33.5 Å². The number of unbranched alkanes of at least 4 members (excludes halogenated alkanes) is 8. The molecule has 0 saturated carbocycles. The Balaban J connectivity index is 3.05. The normalized spacial score (nSPS) is 12.0. The highest BCUT2D eigenvalue weighted by Crippen LogP contribution is 2.16. The van der Waals surface area contributed by atoms with Crippen LogP contribution in [0.1, 0.15) is 71.1 Å². The van der Waals surface area contributed by atoms with Gasteiger partial charge in [0.2, 0.25) is 0 Å². The molecule has 0 bridgehead atoms. The zero-order valence-corrected chi connectivity index (χ0v) is 19.2. The fourth-order valence-electron chi connectivity index (χ4n) is 2.82. The van der Waals surface area contributed by atoms with Crippen LogP contribution >= 0.6 is 0 Å². The first kappa shape index (κ1) is 26.1. The zero-order chi connectivity index (χ0) is 19.3. The van der Waals surface area contributed by atoms with E-state index in [1.807, 2.05) is 14.0 Å². The van der Waals surface area contributed by atoms with Crippen molar-refractivity contribution < 1.29 is 18.6 Å². The van der Waals surface area contributed by atoms with Crippen molar-refractivity contribution in [2.75, 3.05) is 46.8 Å². The third kappa shape index (κ3) is 20.4. The molecule has 158 valence electrons. The summed E-state index contributed by atoms with van der Waals surface area (Å²) in [5.41, 5.74) is 0. The van der Waals surface area contributed by atoms with Crippen LogP contribution in [-0.4, -0.2) is 55.1 Å². The molecular formula is C21H46O4Si. The zero-order valence-electron chi connectivity index (χ0n) is 18.2. The van der Waals surface area contributed by atoms with Crippen molar-refractivity contribution in [2.24, 2.45) is 0 Å². The van der Waals surface area contributed by atoms with Crippen LogP contribution in [0, 0.1) is 0 Å². The van der Waals surface area contributed by atoms with E-state index < -0.39 is 8.32 Å². The molecular weight excluding hydrogens is 344 g/mol. The van der Waals surface area contributed by atoms with E-state index in [2.05, 4.69) is 13.1 Å². The first-order valence-electron chi connectivity index (χ1n) is 10.9. The van der Waals surface area contributed by atoms with Crippen molar-refractivity contribution >= 4 is 8.32 Å². The van der Waals surface area contributed by atoms with E-state index in [0.717, 1.165) is 32.8 Å². The lowest BCUT2D eigenvalue weighted by Crippen LogP contribution is -2.27. The van der Waals surface area contributed by atoms with Crippen molar-refractivity contribution in [1.29, 1.82) is 0 Å². The lowest BCUT2D eigenvalue weighted by Gasteiger charge is -2.19. The summed E-state index contributed by atoms with van der Waals surface area (Å²) in [5.74, 6) is 0. The molecule has 5 heteroatoms. The Morgan fingerprint density at radius 2 is 1.00 bits per heavy atom. The average molecular weight is 391 g/mol. The number of rotatable bonds is 21. The topological polar surface area (TPSA) is 36.9 Å². The molecule has 0 unspecified atom stereocenters. The minimum absolute atomic E-state index is 0.695. The molecule has 0 aromatic heterocycles. The minimum atomic E-state index is -1.31. The highest BCUT2D eigenvalue weighted by atomic mass is 28.4. The maximum absolute atomic E-state index is 5.65. The predicted octanol–water partition coefficient (Wildman–Crippen LogP) is 5.81. The summed E-state index contributed by atoms with van der Waals surface area (Å²) < 4.78 is 21.9. The number of ether oxygens (including phenoxy) is 3. The van der Waals surface area contributed by atoms with Gasteiger partial charge in [-0.2, -0.15) is 0 Å². The largest absolute Gasteiger partial charge is 0.420 e. The van der Waals surface area contributed by atoms with E-state index in [9.17, 15) is 0 Å². The SMILES string of the molecule is CCOCCOCCCOCCCCCCCCCCC[Si](C)(C)OC. The monoisotopic (exact) mass is 390 g/mol. The fourth-order valence-corrected chi connectivity index (χ4v) is 4.13. The van der Waals surface area contributed by atoms with E-state index in [1.165, 1.54) is 63.8 Å². The lowest BCUT2D eigenvalue weighted by atomic mass is 10.1. The second-order valence-electron chi connectivity index (χ2n) is 7.67. The van der Waals surface area contributed by atoms with E-state index in [0.29, 0.717) is 13.2 Å². The lowest BCUT2D eigenvalue weighted by molar-refractivity contribution is 0.0389. The van der Waals surface area contributed by atoms with Crippen LogP contribution in [0.3, 0.4) is 0 Å². The summed E-state index contributed by atoms with van der Waals surface area (Å²) in [6, 6.07) is 1.31. The summed E-state index contributed by atoms with van der Waals surface area (Å²) in [6.45, 7) is 11.3. The minimum Gasteiger partial charge on any atom is -0.420 e. The summed E-state index contributed by atoms with van der Waals surface area (Å²) in [6.07, 6.45) is 13.1. The van der Waals surface area contributed by atoms with Crippen molar-refractivity contribution in [3.05, 3.63) is 0 Å². The molecule has 0 saturated heterocycles. The fraction of sp³-hybridized carbons (Fsp3) is 1.00. The second-order valence-corrected chi connectivity index (χ2v) is 12.1. The van der Waals surface area contributed by atoms with Gasteiger partial charge in [-0.15, -0.1) is 0 Å². The van der Waals surface area contributed by atoms with Crippen molar-refractivity contribution in [3.63, 3.8) is 0 Å². The molecule has 0 aromatic carbocycles. The van der Waals surface area contributed by atoms with Crippen LogP contribution in [0.25, 0.3) is 0 Å². The van der Waals surface area contributed by atoms with Crippen molar-refractivity contribution in [2.45, 2.75) is 90.3 Å². The van der Waals surface area contributed by atoms with Gasteiger partial charge in [-0.25, -0.2) is 0 Å². The average Bonchev–Trinajstić information content (AvgIpc) is 2.63. The molecule has 0 fully saturated rings. The van der Waals surface area contributed by atoms with Crippen LogP contribution < -0.4 is 0 Å². The molecule has 0 rings (SSSR count). The Hall–Kier alpha value is 0.0569. The van der Waals surface area contributed by atoms with Gasteiger partial charge in [0.15, 0.2) is 8.32 Å². The Kier molecular flexibility index (Phi) is 19.9. The summed E-state index contributed by atoms with van der Waals surface area (Å²) in [4.78, 5) is 0. The van der Waals surface area contributed by atoms with E-state index in [-0.39, 0.29) is 0 Å². The van der Waals surface area contributed by atoms with Gasteiger partial charge in [-0.1, -0.05) is 51.4 Å². The maximum atomic E-state index is 5.65. The van der Waals surface area contributed by atoms with Gasteiger partial charge in [0.25, 0.3) is 0 Å². The van der Waals surface area contributed by atoms with Gasteiger partial charge in [-0.05, 0) is 38.9 Å². The molecule has 0 aliphatic carbocycles. The van der Waals surface area contributed by atoms with Crippen LogP contribution in [0.15, 0.2) is 0 Å². The van der Waals surface area contributed by atoms with Crippen LogP contribution in [0.2, 0.25) is 19.1 Å². The van der Waals surface area contributed by atoms with Crippen LogP contribution in [-0.2, 0) is 18.6 Å². The molecule has 0 atom stereocenters. The maximum Gasteiger partial charge on any atom is 0.186 e. The Morgan fingerprint density at radius 1 is 0.538 bits per heavy atom. The molecule has 26 heavy (non-hydrogen) atoms. The van der Waals surface area contributed by atoms with Crippen LogP contribution in [0.5, 0.6) is 0 Å². The standard InChI is InChI=1S/C21H46O4Si/c1-5-23-19-20-25-18-15-17-24-16-13-11-9-7-6-8-10-12-14-21-26(3,4)22-2/h5-21H2,1-4H3. The highest BCUT2D eigenvalue weighted by molar-refractivity contribution is 6.71. The molecule has 4 nitrogen and oxygen atoms in total. The predicted molar refractivity (Wildman–Crippen MR) is 114 cm³/mol. The van der Waals surface area contributed by atoms with Gasteiger partial charge < -0.3 is 18.6 Å². The third-order valence-electron chi connectivity index (χ3n) is 4.77. The summed E-state index contributed by atoms with van der Waals surface area (Å²) in [7, 11) is 0.559. The van der Waals surface area contributed by atoms with Gasteiger partial charge in [-0.3, -0.25) is 0 Å². The third-order valence-corrected chi connectivity index (χ3v) is 7.44. The molecule has 0 heterocycles. The molecule has 0 aliphatic heterocycles. The summed E-state index contributed by atoms with van der Waals surface area (Å²) in [5, 5.41) is 0.